The van der Waals surface area contributed by atoms with E-state index in [9.17, 15) is 0 Å². The molecule has 0 saturated heterocycles. The topological polar surface area (TPSA) is 98.1 Å². The molecular weight excluding hydrogens is 364 g/mol. The maximum Gasteiger partial charge on any atom is 0.180 e. The highest BCUT2D eigenvalue weighted by Crippen LogP contribution is 2.29. The van der Waals surface area contributed by atoms with Gasteiger partial charge in [-0.1, -0.05) is 44.0 Å². The van der Waals surface area contributed by atoms with Gasteiger partial charge in [0.15, 0.2) is 5.82 Å². The fourth-order valence-electron chi connectivity index (χ4n) is 3.41. The molecule has 0 bridgehead atoms. The number of aromatic amines is 1. The molecule has 0 aliphatic heterocycles. The van der Waals surface area contributed by atoms with Crippen molar-refractivity contribution in [2.24, 2.45) is 0 Å². The van der Waals surface area contributed by atoms with Crippen molar-refractivity contribution in [1.29, 1.82) is 0 Å². The molecule has 4 rings (SSSR count). The van der Waals surface area contributed by atoms with E-state index in [1.54, 1.807) is 6.20 Å². The van der Waals surface area contributed by atoms with Crippen LogP contribution < -0.4 is 0 Å². The molecule has 4 aromatic rings. The summed E-state index contributed by atoms with van der Waals surface area (Å²) in [6.07, 6.45) is 7.88. The van der Waals surface area contributed by atoms with E-state index in [0.29, 0.717) is 5.82 Å². The molecule has 0 aliphatic rings. The van der Waals surface area contributed by atoms with Crippen LogP contribution >= 0.6 is 0 Å². The molecule has 0 amide bonds. The van der Waals surface area contributed by atoms with E-state index < -0.39 is 0 Å². The maximum absolute atomic E-state index is 4.63. The van der Waals surface area contributed by atoms with Gasteiger partial charge in [-0.25, -0.2) is 14.8 Å². The highest BCUT2D eigenvalue weighted by atomic mass is 15.5. The molecule has 29 heavy (non-hydrogen) atoms. The number of hydrogen-bond acceptors (Lipinski definition) is 6. The van der Waals surface area contributed by atoms with Crippen molar-refractivity contribution in [3.8, 4) is 22.5 Å². The quantitative estimate of drug-likeness (QED) is 0.463. The molecule has 0 spiro atoms. The molecule has 8 heteroatoms. The lowest BCUT2D eigenvalue weighted by Gasteiger charge is -2.09. The summed E-state index contributed by atoms with van der Waals surface area (Å²) in [5.74, 6) is 2.47. The first-order chi connectivity index (χ1) is 14.2. The molecule has 0 unspecified atom stereocenters. The maximum atomic E-state index is 4.63. The lowest BCUT2D eigenvalue weighted by atomic mass is 9.99. The molecule has 3 aromatic heterocycles. The van der Waals surface area contributed by atoms with Crippen molar-refractivity contribution < 1.29 is 0 Å². The largest absolute Gasteiger partial charge is 0.264 e. The van der Waals surface area contributed by atoms with Gasteiger partial charge < -0.3 is 0 Å². The predicted molar refractivity (Wildman–Crippen MR) is 110 cm³/mol. The van der Waals surface area contributed by atoms with Crippen molar-refractivity contribution in [2.75, 3.05) is 0 Å². The number of nitrogens with zero attached hydrogens (tertiary/aromatic N) is 7. The third-order valence-electron chi connectivity index (χ3n) is 4.88. The highest BCUT2D eigenvalue weighted by Gasteiger charge is 2.12. The van der Waals surface area contributed by atoms with Gasteiger partial charge in [-0.15, -0.1) is 5.10 Å². The van der Waals surface area contributed by atoms with Crippen molar-refractivity contribution in [1.82, 2.24) is 40.4 Å². The van der Waals surface area contributed by atoms with E-state index in [1.807, 2.05) is 19.2 Å². The van der Waals surface area contributed by atoms with Gasteiger partial charge in [-0.3, -0.25) is 4.98 Å². The van der Waals surface area contributed by atoms with Gasteiger partial charge in [0.05, 0.1) is 0 Å². The minimum Gasteiger partial charge on any atom is -0.264 e. The SMILES string of the molecule is CCCCCn1nc(C)nc1Cc1ccc(-c2cnccc2-c2nnn[nH]2)cc1. The molecule has 0 aliphatic carbocycles. The summed E-state index contributed by atoms with van der Waals surface area (Å²) < 4.78 is 2.05. The summed E-state index contributed by atoms with van der Waals surface area (Å²) in [4.78, 5) is 8.90. The number of H-pyrrole nitrogens is 1. The zero-order valence-corrected chi connectivity index (χ0v) is 16.7. The lowest BCUT2D eigenvalue weighted by Crippen LogP contribution is -2.06. The van der Waals surface area contributed by atoms with Crippen LogP contribution in [0.2, 0.25) is 0 Å². The molecule has 0 saturated carbocycles. The Bertz CT molecular complexity index is 1050. The second-order valence-electron chi connectivity index (χ2n) is 7.05. The number of benzene rings is 1. The summed E-state index contributed by atoms with van der Waals surface area (Å²) in [7, 11) is 0. The van der Waals surface area contributed by atoms with E-state index in [2.05, 4.69) is 71.6 Å². The number of tetrazole rings is 1. The standard InChI is InChI=1S/C21H24N8/c1-3-4-5-12-29-20(23-15(2)26-29)13-16-6-8-17(9-7-16)19-14-22-11-10-18(19)21-24-27-28-25-21/h6-11,14H,3-5,12-13H2,1-2H3,(H,24,25,27,28). The summed E-state index contributed by atoms with van der Waals surface area (Å²) >= 11 is 0. The Morgan fingerprint density at radius 3 is 2.66 bits per heavy atom. The van der Waals surface area contributed by atoms with Gasteiger partial charge in [0.2, 0.25) is 0 Å². The first kappa shape index (κ1) is 18.9. The van der Waals surface area contributed by atoms with Crippen molar-refractivity contribution in [2.45, 2.75) is 46.1 Å². The summed E-state index contributed by atoms with van der Waals surface area (Å²) in [5, 5.41) is 18.8. The van der Waals surface area contributed by atoms with Gasteiger partial charge in [0, 0.05) is 36.5 Å². The van der Waals surface area contributed by atoms with Crippen molar-refractivity contribution in [3.05, 3.63) is 59.9 Å². The third-order valence-corrected chi connectivity index (χ3v) is 4.88. The van der Waals surface area contributed by atoms with Crippen LogP contribution in [-0.4, -0.2) is 40.4 Å². The minimum atomic E-state index is 0.627. The van der Waals surface area contributed by atoms with Crippen molar-refractivity contribution in [3.63, 3.8) is 0 Å². The first-order valence-corrected chi connectivity index (χ1v) is 9.92. The fourth-order valence-corrected chi connectivity index (χ4v) is 3.41. The molecule has 0 fully saturated rings. The van der Waals surface area contributed by atoms with Gasteiger partial charge in [-0.05, 0) is 41.0 Å². The highest BCUT2D eigenvalue weighted by molar-refractivity contribution is 5.79. The van der Waals surface area contributed by atoms with E-state index >= 15 is 0 Å². The zero-order chi connectivity index (χ0) is 20.1. The van der Waals surface area contributed by atoms with Gasteiger partial charge in [0.25, 0.3) is 0 Å². The Morgan fingerprint density at radius 1 is 1.03 bits per heavy atom. The van der Waals surface area contributed by atoms with Gasteiger partial charge in [-0.2, -0.15) is 5.10 Å². The van der Waals surface area contributed by atoms with E-state index in [1.165, 1.54) is 18.4 Å². The van der Waals surface area contributed by atoms with Crippen LogP contribution in [0.25, 0.3) is 22.5 Å². The Hall–Kier alpha value is -3.42. The molecule has 148 valence electrons. The Labute approximate surface area is 169 Å². The molecular formula is C21H24N8. The third kappa shape index (κ3) is 4.37. The predicted octanol–water partition coefficient (Wildman–Crippen LogP) is 3.61. The summed E-state index contributed by atoms with van der Waals surface area (Å²) in [6.45, 7) is 5.08. The monoisotopic (exact) mass is 388 g/mol. The van der Waals surface area contributed by atoms with E-state index in [-0.39, 0.29) is 0 Å². The number of aromatic nitrogens is 8. The second-order valence-corrected chi connectivity index (χ2v) is 7.05. The van der Waals surface area contributed by atoms with Crippen LogP contribution in [0.5, 0.6) is 0 Å². The van der Waals surface area contributed by atoms with Crippen molar-refractivity contribution >= 4 is 0 Å². The molecule has 0 radical (unpaired) electrons. The number of hydrogen-bond donors (Lipinski definition) is 1. The Balaban J connectivity index is 1.54. The first-order valence-electron chi connectivity index (χ1n) is 9.92. The van der Waals surface area contributed by atoms with E-state index in [0.717, 1.165) is 47.7 Å². The average molecular weight is 388 g/mol. The van der Waals surface area contributed by atoms with Gasteiger partial charge in [0.1, 0.15) is 11.6 Å². The van der Waals surface area contributed by atoms with Crippen LogP contribution in [-0.2, 0) is 13.0 Å². The Morgan fingerprint density at radius 2 is 1.90 bits per heavy atom. The summed E-state index contributed by atoms with van der Waals surface area (Å²) in [5.41, 5.74) is 4.17. The minimum absolute atomic E-state index is 0.627. The van der Waals surface area contributed by atoms with Gasteiger partial charge >= 0.3 is 0 Å². The average Bonchev–Trinajstić information content (AvgIpc) is 3.39. The second kappa shape index (κ2) is 8.72. The molecule has 1 aromatic carbocycles. The molecule has 1 N–H and O–H groups in total. The molecule has 0 atom stereocenters. The van der Waals surface area contributed by atoms with E-state index in [4.69, 9.17) is 0 Å². The zero-order valence-electron chi connectivity index (χ0n) is 16.7. The molecule has 8 nitrogen and oxygen atoms in total. The van der Waals surface area contributed by atoms with Crippen LogP contribution in [0, 0.1) is 6.92 Å². The van der Waals surface area contributed by atoms with Crippen LogP contribution in [0.1, 0.15) is 43.4 Å². The number of nitrogens with one attached hydrogen (secondary N) is 1. The number of pyridine rings is 1. The fraction of sp³-hybridized carbons (Fsp3) is 0.333. The Kier molecular flexibility index (Phi) is 5.69. The number of aryl methyl sites for hydroxylation is 2. The number of unbranched alkanes of at least 4 members (excludes halogenated alkanes) is 2. The lowest BCUT2D eigenvalue weighted by molar-refractivity contribution is 0.533. The van der Waals surface area contributed by atoms with Crippen LogP contribution in [0.3, 0.4) is 0 Å². The summed E-state index contributed by atoms with van der Waals surface area (Å²) in [6, 6.07) is 10.4. The smallest absolute Gasteiger partial charge is 0.180 e. The van der Waals surface area contributed by atoms with Crippen LogP contribution in [0.15, 0.2) is 42.7 Å². The van der Waals surface area contributed by atoms with Crippen LogP contribution in [0.4, 0.5) is 0 Å². The molecule has 3 heterocycles. The number of rotatable bonds is 8. The normalized spacial score (nSPS) is 11.1.